The Kier molecular flexibility index (Phi) is 5.62. The summed E-state index contributed by atoms with van der Waals surface area (Å²) in [5.41, 5.74) is 6.35. The van der Waals surface area contributed by atoms with Gasteiger partial charge in [0.05, 0.1) is 0 Å². The summed E-state index contributed by atoms with van der Waals surface area (Å²) >= 11 is 0. The second-order valence-electron chi connectivity index (χ2n) is 5.62. The summed E-state index contributed by atoms with van der Waals surface area (Å²) < 4.78 is 0. The fourth-order valence-electron chi connectivity index (χ4n) is 1.85. The van der Waals surface area contributed by atoms with E-state index in [2.05, 4.69) is 34.6 Å². The number of rotatable bonds is 5. The van der Waals surface area contributed by atoms with E-state index in [9.17, 15) is 0 Å². The average Bonchev–Trinajstić information content (AvgIpc) is 1.97. The van der Waals surface area contributed by atoms with Crippen LogP contribution in [-0.4, -0.2) is 6.04 Å². The molecule has 0 aromatic carbocycles. The number of hydrogen-bond donors (Lipinski definition) is 1. The fraction of sp³-hybridized carbons (Fsp3) is 1.00. The van der Waals surface area contributed by atoms with Gasteiger partial charge >= 0.3 is 0 Å². The third-order valence-corrected chi connectivity index (χ3v) is 2.52. The molecule has 0 aliphatic rings. The molecule has 0 heterocycles. The zero-order valence-corrected chi connectivity index (χ0v) is 10.1. The van der Waals surface area contributed by atoms with Gasteiger partial charge in [0.15, 0.2) is 0 Å². The lowest BCUT2D eigenvalue weighted by atomic mass is 9.83. The van der Waals surface area contributed by atoms with Crippen molar-refractivity contribution in [1.29, 1.82) is 0 Å². The maximum atomic E-state index is 5.89. The molecule has 0 saturated carbocycles. The van der Waals surface area contributed by atoms with Crippen LogP contribution in [-0.2, 0) is 0 Å². The van der Waals surface area contributed by atoms with Gasteiger partial charge in [-0.3, -0.25) is 0 Å². The summed E-state index contributed by atoms with van der Waals surface area (Å²) in [5.74, 6) is 0.817. The van der Waals surface area contributed by atoms with Gasteiger partial charge in [0.2, 0.25) is 0 Å². The topological polar surface area (TPSA) is 26.0 Å². The predicted octanol–water partition coefficient (Wildman–Crippen LogP) is 3.58. The molecular weight excluding hydrogens is 158 g/mol. The van der Waals surface area contributed by atoms with Crippen LogP contribution in [0, 0.1) is 11.3 Å². The van der Waals surface area contributed by atoms with Crippen molar-refractivity contribution in [2.24, 2.45) is 17.1 Å². The summed E-state index contributed by atoms with van der Waals surface area (Å²) in [5, 5.41) is 0. The zero-order valence-electron chi connectivity index (χ0n) is 10.1. The van der Waals surface area contributed by atoms with Crippen LogP contribution in [0.25, 0.3) is 0 Å². The van der Waals surface area contributed by atoms with Crippen LogP contribution in [0.4, 0.5) is 0 Å². The Morgan fingerprint density at radius 1 is 1.15 bits per heavy atom. The molecule has 0 aromatic heterocycles. The van der Waals surface area contributed by atoms with Crippen molar-refractivity contribution < 1.29 is 0 Å². The van der Waals surface area contributed by atoms with Crippen LogP contribution < -0.4 is 5.73 Å². The average molecular weight is 185 g/mol. The van der Waals surface area contributed by atoms with E-state index >= 15 is 0 Å². The summed E-state index contributed by atoms with van der Waals surface area (Å²) in [6.07, 6.45) is 4.89. The Morgan fingerprint density at radius 3 is 2.08 bits per heavy atom. The van der Waals surface area contributed by atoms with Crippen LogP contribution in [0.2, 0.25) is 0 Å². The van der Waals surface area contributed by atoms with E-state index in [1.807, 2.05) is 0 Å². The maximum Gasteiger partial charge on any atom is 0.00363 e. The molecule has 2 atom stereocenters. The second kappa shape index (κ2) is 5.64. The molecule has 2 unspecified atom stereocenters. The third kappa shape index (κ3) is 8.29. The molecule has 0 aliphatic heterocycles. The van der Waals surface area contributed by atoms with Gasteiger partial charge in [0, 0.05) is 6.04 Å². The lowest BCUT2D eigenvalue weighted by molar-refractivity contribution is 0.288. The van der Waals surface area contributed by atoms with Gasteiger partial charge < -0.3 is 5.73 Å². The van der Waals surface area contributed by atoms with Gasteiger partial charge in [-0.2, -0.15) is 0 Å². The minimum absolute atomic E-state index is 0.419. The van der Waals surface area contributed by atoms with Crippen molar-refractivity contribution >= 4 is 0 Å². The Bertz CT molecular complexity index is 124. The normalized spacial score (nSPS) is 17.1. The van der Waals surface area contributed by atoms with E-state index in [1.165, 1.54) is 19.3 Å². The summed E-state index contributed by atoms with van der Waals surface area (Å²) in [7, 11) is 0. The minimum Gasteiger partial charge on any atom is -0.328 e. The molecule has 0 bridgehead atoms. The van der Waals surface area contributed by atoms with E-state index in [0.717, 1.165) is 12.3 Å². The van der Waals surface area contributed by atoms with Gasteiger partial charge in [0.1, 0.15) is 0 Å². The number of nitrogens with two attached hydrogens (primary N) is 1. The van der Waals surface area contributed by atoms with E-state index < -0.39 is 0 Å². The first-order valence-electron chi connectivity index (χ1n) is 5.60. The molecule has 1 heteroatoms. The first kappa shape index (κ1) is 13.0. The maximum absolute atomic E-state index is 5.89. The molecule has 2 N–H and O–H groups in total. The molecule has 0 spiro atoms. The first-order chi connectivity index (χ1) is 5.85. The molecule has 0 aliphatic carbocycles. The van der Waals surface area contributed by atoms with Gasteiger partial charge in [-0.1, -0.05) is 34.6 Å². The zero-order chi connectivity index (χ0) is 10.5. The Balaban J connectivity index is 3.57. The van der Waals surface area contributed by atoms with Gasteiger partial charge in [-0.25, -0.2) is 0 Å². The minimum atomic E-state index is 0.419. The Hall–Kier alpha value is -0.0400. The lowest BCUT2D eigenvalue weighted by Crippen LogP contribution is -2.20. The van der Waals surface area contributed by atoms with Crippen molar-refractivity contribution in [3.05, 3.63) is 0 Å². The van der Waals surface area contributed by atoms with E-state index in [0.29, 0.717) is 11.5 Å². The van der Waals surface area contributed by atoms with Crippen LogP contribution >= 0.6 is 0 Å². The fourth-order valence-corrected chi connectivity index (χ4v) is 1.85. The predicted molar refractivity (Wildman–Crippen MR) is 60.7 cm³/mol. The highest BCUT2D eigenvalue weighted by atomic mass is 14.6. The van der Waals surface area contributed by atoms with Crippen molar-refractivity contribution in [2.75, 3.05) is 0 Å². The molecular formula is C12H27N. The number of hydrogen-bond acceptors (Lipinski definition) is 1. The molecule has 13 heavy (non-hydrogen) atoms. The van der Waals surface area contributed by atoms with Crippen LogP contribution in [0.1, 0.15) is 60.3 Å². The first-order valence-corrected chi connectivity index (χ1v) is 5.60. The molecule has 0 amide bonds. The Labute approximate surface area is 84.1 Å². The standard InChI is InChI=1S/C12H27N/c1-6-11(13)8-7-10(2)9-12(3,4)5/h10-11H,6-9,13H2,1-5H3. The molecule has 0 radical (unpaired) electrons. The van der Waals surface area contributed by atoms with Crippen molar-refractivity contribution in [3.8, 4) is 0 Å². The van der Waals surface area contributed by atoms with E-state index in [4.69, 9.17) is 5.73 Å². The van der Waals surface area contributed by atoms with Gasteiger partial charge in [0.25, 0.3) is 0 Å². The molecule has 0 fully saturated rings. The largest absolute Gasteiger partial charge is 0.328 e. The molecule has 1 nitrogen and oxygen atoms in total. The summed E-state index contributed by atoms with van der Waals surface area (Å²) in [4.78, 5) is 0. The SMILES string of the molecule is CCC(N)CCC(C)CC(C)(C)C. The summed E-state index contributed by atoms with van der Waals surface area (Å²) in [6, 6.07) is 0.419. The highest BCUT2D eigenvalue weighted by molar-refractivity contribution is 4.68. The van der Waals surface area contributed by atoms with Crippen molar-refractivity contribution in [3.63, 3.8) is 0 Å². The van der Waals surface area contributed by atoms with Crippen LogP contribution in [0.3, 0.4) is 0 Å². The van der Waals surface area contributed by atoms with Gasteiger partial charge in [-0.05, 0) is 37.0 Å². The monoisotopic (exact) mass is 185 g/mol. The molecule has 0 rings (SSSR count). The van der Waals surface area contributed by atoms with Crippen LogP contribution in [0.15, 0.2) is 0 Å². The Morgan fingerprint density at radius 2 is 1.69 bits per heavy atom. The highest BCUT2D eigenvalue weighted by Crippen LogP contribution is 2.26. The van der Waals surface area contributed by atoms with Crippen molar-refractivity contribution in [1.82, 2.24) is 0 Å². The van der Waals surface area contributed by atoms with Crippen LogP contribution in [0.5, 0.6) is 0 Å². The molecule has 80 valence electrons. The van der Waals surface area contributed by atoms with E-state index in [1.54, 1.807) is 0 Å². The van der Waals surface area contributed by atoms with Gasteiger partial charge in [-0.15, -0.1) is 0 Å². The highest BCUT2D eigenvalue weighted by Gasteiger charge is 2.15. The second-order valence-corrected chi connectivity index (χ2v) is 5.62. The summed E-state index contributed by atoms with van der Waals surface area (Å²) in [6.45, 7) is 11.4. The van der Waals surface area contributed by atoms with E-state index in [-0.39, 0.29) is 0 Å². The molecule has 0 saturated heterocycles. The van der Waals surface area contributed by atoms with Crippen molar-refractivity contribution in [2.45, 2.75) is 66.3 Å². The smallest absolute Gasteiger partial charge is 0.00363 e. The lowest BCUT2D eigenvalue weighted by Gasteiger charge is -2.23. The third-order valence-electron chi connectivity index (χ3n) is 2.52. The molecule has 0 aromatic rings. The quantitative estimate of drug-likeness (QED) is 0.696.